The molecule has 4 nitrogen and oxygen atoms in total. The predicted molar refractivity (Wildman–Crippen MR) is 117 cm³/mol. The number of rotatable bonds is 3. The number of benzene rings is 3. The average Bonchev–Trinajstić information content (AvgIpc) is 2.74. The molecule has 1 heterocycles. The number of nitrogens with zero attached hydrogens (tertiary/aromatic N) is 2. The molecule has 0 radical (unpaired) electrons. The molecule has 0 aromatic heterocycles. The van der Waals surface area contributed by atoms with Gasteiger partial charge in [0, 0.05) is 24.3 Å². The Hall–Kier alpha value is -3.58. The lowest BCUT2D eigenvalue weighted by Gasteiger charge is -2.39. The van der Waals surface area contributed by atoms with Gasteiger partial charge < -0.3 is 10.2 Å². The fourth-order valence-electron chi connectivity index (χ4n) is 4.13. The Labute approximate surface area is 171 Å². The van der Waals surface area contributed by atoms with E-state index in [0.717, 1.165) is 34.5 Å². The highest BCUT2D eigenvalue weighted by atomic mass is 16.2. The highest BCUT2D eigenvalue weighted by molar-refractivity contribution is 5.94. The molecule has 0 saturated heterocycles. The first-order chi connectivity index (χ1) is 14.1. The number of nitriles is 1. The molecular formula is C25H23N3O. The molecule has 2 atom stereocenters. The first-order valence-electron chi connectivity index (χ1n) is 9.82. The van der Waals surface area contributed by atoms with Crippen molar-refractivity contribution in [1.82, 2.24) is 0 Å². The van der Waals surface area contributed by atoms with Crippen molar-refractivity contribution in [3.8, 4) is 17.2 Å². The van der Waals surface area contributed by atoms with Crippen LogP contribution in [0.1, 0.15) is 37.4 Å². The second-order valence-corrected chi connectivity index (χ2v) is 7.50. The Morgan fingerprint density at radius 3 is 2.38 bits per heavy atom. The molecule has 3 aromatic carbocycles. The van der Waals surface area contributed by atoms with E-state index in [1.54, 1.807) is 6.92 Å². The van der Waals surface area contributed by atoms with E-state index in [9.17, 15) is 4.79 Å². The summed E-state index contributed by atoms with van der Waals surface area (Å²) in [5.74, 6) is 0.0584. The fraction of sp³-hybridized carbons (Fsp3) is 0.200. The molecule has 0 spiro atoms. The molecule has 4 rings (SSSR count). The second-order valence-electron chi connectivity index (χ2n) is 7.50. The number of carbonyl (C=O) groups is 1. The van der Waals surface area contributed by atoms with Crippen molar-refractivity contribution in [3.05, 3.63) is 83.9 Å². The minimum atomic E-state index is 0.0584. The van der Waals surface area contributed by atoms with E-state index < -0.39 is 0 Å². The molecule has 3 aromatic rings. The molecule has 0 unspecified atom stereocenters. The summed E-state index contributed by atoms with van der Waals surface area (Å²) < 4.78 is 0. The monoisotopic (exact) mass is 381 g/mol. The zero-order valence-corrected chi connectivity index (χ0v) is 16.6. The minimum Gasteiger partial charge on any atom is -0.378 e. The van der Waals surface area contributed by atoms with E-state index in [2.05, 4.69) is 36.5 Å². The van der Waals surface area contributed by atoms with Crippen LogP contribution < -0.4 is 10.2 Å². The van der Waals surface area contributed by atoms with Gasteiger partial charge in [0.15, 0.2) is 0 Å². The third-order valence-corrected chi connectivity index (χ3v) is 5.48. The van der Waals surface area contributed by atoms with Crippen LogP contribution in [0, 0.1) is 11.3 Å². The number of anilines is 2. The van der Waals surface area contributed by atoms with Crippen LogP contribution in [0.4, 0.5) is 11.4 Å². The van der Waals surface area contributed by atoms with Crippen molar-refractivity contribution in [2.24, 2.45) is 0 Å². The molecule has 1 amide bonds. The van der Waals surface area contributed by atoms with Crippen LogP contribution >= 0.6 is 0 Å². The van der Waals surface area contributed by atoms with Gasteiger partial charge in [0.1, 0.15) is 0 Å². The maximum Gasteiger partial charge on any atom is 0.224 e. The van der Waals surface area contributed by atoms with Crippen molar-refractivity contribution < 1.29 is 4.79 Å². The highest BCUT2D eigenvalue weighted by Crippen LogP contribution is 2.41. The number of amides is 1. The topological polar surface area (TPSA) is 56.1 Å². The van der Waals surface area contributed by atoms with Crippen LogP contribution in [0.25, 0.3) is 11.1 Å². The molecule has 144 valence electrons. The van der Waals surface area contributed by atoms with Crippen LogP contribution in [0.2, 0.25) is 0 Å². The van der Waals surface area contributed by atoms with Gasteiger partial charge in [-0.05, 0) is 66.4 Å². The first kappa shape index (κ1) is 18.8. The molecule has 1 aliphatic rings. The highest BCUT2D eigenvalue weighted by Gasteiger charge is 2.32. The molecule has 0 bridgehead atoms. The Morgan fingerprint density at radius 1 is 1.03 bits per heavy atom. The molecule has 0 aliphatic carbocycles. The maximum atomic E-state index is 12.3. The van der Waals surface area contributed by atoms with Crippen LogP contribution in [0.3, 0.4) is 0 Å². The molecule has 0 fully saturated rings. The predicted octanol–water partition coefficient (Wildman–Crippen LogP) is 5.52. The summed E-state index contributed by atoms with van der Waals surface area (Å²) in [4.78, 5) is 14.2. The third kappa shape index (κ3) is 3.72. The van der Waals surface area contributed by atoms with Gasteiger partial charge in [-0.3, -0.25) is 4.79 Å². The van der Waals surface area contributed by atoms with Crippen LogP contribution in [0.5, 0.6) is 0 Å². The summed E-state index contributed by atoms with van der Waals surface area (Å²) in [5, 5.41) is 12.7. The van der Waals surface area contributed by atoms with E-state index in [1.807, 2.05) is 59.5 Å². The number of hydrogen-bond acceptors (Lipinski definition) is 3. The van der Waals surface area contributed by atoms with E-state index in [-0.39, 0.29) is 18.0 Å². The lowest BCUT2D eigenvalue weighted by Crippen LogP contribution is -2.43. The lowest BCUT2D eigenvalue weighted by atomic mass is 9.88. The average molecular weight is 381 g/mol. The van der Waals surface area contributed by atoms with Crippen LogP contribution in [-0.2, 0) is 4.79 Å². The summed E-state index contributed by atoms with van der Waals surface area (Å²) in [6.07, 6.45) is 0.832. The van der Waals surface area contributed by atoms with Gasteiger partial charge in [-0.25, -0.2) is 0 Å². The zero-order valence-electron chi connectivity index (χ0n) is 16.6. The van der Waals surface area contributed by atoms with Gasteiger partial charge in [0.05, 0.1) is 17.7 Å². The van der Waals surface area contributed by atoms with Gasteiger partial charge in [-0.1, -0.05) is 36.4 Å². The van der Waals surface area contributed by atoms with E-state index in [1.165, 1.54) is 0 Å². The normalized spacial score (nSPS) is 17.9. The van der Waals surface area contributed by atoms with Gasteiger partial charge in [0.25, 0.3) is 0 Å². The first-order valence-corrected chi connectivity index (χ1v) is 9.82. The number of hydrogen-bond donors (Lipinski definition) is 1. The Morgan fingerprint density at radius 2 is 1.72 bits per heavy atom. The zero-order chi connectivity index (χ0) is 20.4. The van der Waals surface area contributed by atoms with Crippen molar-refractivity contribution >= 4 is 17.3 Å². The number of nitrogens with one attached hydrogen (secondary N) is 1. The number of fused-ring (bicyclic) bond motifs is 1. The van der Waals surface area contributed by atoms with Crippen LogP contribution in [-0.4, -0.2) is 11.9 Å². The van der Waals surface area contributed by atoms with Gasteiger partial charge in [-0.15, -0.1) is 0 Å². The summed E-state index contributed by atoms with van der Waals surface area (Å²) in [6, 6.07) is 26.4. The quantitative estimate of drug-likeness (QED) is 0.649. The van der Waals surface area contributed by atoms with E-state index in [0.29, 0.717) is 5.56 Å². The van der Waals surface area contributed by atoms with E-state index in [4.69, 9.17) is 5.26 Å². The minimum absolute atomic E-state index is 0.0584. The molecule has 1 N–H and O–H groups in total. The summed E-state index contributed by atoms with van der Waals surface area (Å²) >= 11 is 0. The molecule has 0 saturated carbocycles. The fourth-order valence-corrected chi connectivity index (χ4v) is 4.13. The molecule has 4 heteroatoms. The summed E-state index contributed by atoms with van der Waals surface area (Å²) in [7, 11) is 0. The summed E-state index contributed by atoms with van der Waals surface area (Å²) in [6.45, 7) is 3.72. The smallest absolute Gasteiger partial charge is 0.224 e. The maximum absolute atomic E-state index is 12.3. The number of para-hydroxylation sites is 1. The van der Waals surface area contributed by atoms with Gasteiger partial charge >= 0.3 is 0 Å². The van der Waals surface area contributed by atoms with Crippen molar-refractivity contribution in [3.63, 3.8) is 0 Å². The van der Waals surface area contributed by atoms with Crippen molar-refractivity contribution in [1.29, 1.82) is 5.26 Å². The lowest BCUT2D eigenvalue weighted by molar-refractivity contribution is -0.117. The Bertz CT molecular complexity index is 1070. The van der Waals surface area contributed by atoms with E-state index >= 15 is 0 Å². The Kier molecular flexibility index (Phi) is 5.05. The molecule has 29 heavy (non-hydrogen) atoms. The van der Waals surface area contributed by atoms with Gasteiger partial charge in [-0.2, -0.15) is 5.26 Å². The number of carbonyl (C=O) groups excluding carboxylic acids is 1. The van der Waals surface area contributed by atoms with Crippen molar-refractivity contribution in [2.75, 3.05) is 10.2 Å². The van der Waals surface area contributed by atoms with Gasteiger partial charge in [0.2, 0.25) is 5.91 Å². The Balaban J connectivity index is 1.77. The summed E-state index contributed by atoms with van der Waals surface area (Å²) in [5.41, 5.74) is 5.91. The largest absolute Gasteiger partial charge is 0.378 e. The second kappa shape index (κ2) is 7.81. The SMILES string of the molecule is CC(=O)N1c2ccc(-c3ccc(C#N)cc3)cc2[C@H](Nc2ccccc2)C[C@@H]1C. The molecule has 1 aliphatic heterocycles. The van der Waals surface area contributed by atoms with Crippen molar-refractivity contribution in [2.45, 2.75) is 32.4 Å². The standard InChI is InChI=1S/C25H23N3O/c1-17-14-24(27-22-6-4-3-5-7-22)23-15-21(12-13-25(23)28(17)18(2)29)20-10-8-19(16-26)9-11-20/h3-13,15,17,24,27H,14H2,1-2H3/t17-,24+/m0/s1. The molecular weight excluding hydrogens is 358 g/mol. The van der Waals surface area contributed by atoms with Crippen LogP contribution in [0.15, 0.2) is 72.8 Å². The third-order valence-electron chi connectivity index (χ3n) is 5.48.